The molecule has 1 saturated heterocycles. The van der Waals surface area contributed by atoms with Crippen molar-refractivity contribution < 1.29 is 9.59 Å². The first kappa shape index (κ1) is 16.5. The van der Waals surface area contributed by atoms with Gasteiger partial charge in [0.15, 0.2) is 13.8 Å². The zero-order valence-electron chi connectivity index (χ0n) is 14.5. The monoisotopic (exact) mass is 338 g/mol. The molecule has 124 valence electrons. The number of hydrogen-bond acceptors (Lipinski definition) is 2. The second kappa shape index (κ2) is 5.60. The largest absolute Gasteiger partial charge is 0.331 e. The van der Waals surface area contributed by atoms with Gasteiger partial charge in [0.1, 0.15) is 0 Å². The number of rotatable bonds is 3. The van der Waals surface area contributed by atoms with E-state index in [1.807, 2.05) is 65.2 Å². The predicted molar refractivity (Wildman–Crippen MR) is 97.0 cm³/mol. The lowest BCUT2D eigenvalue weighted by Gasteiger charge is -2.43. The van der Waals surface area contributed by atoms with Gasteiger partial charge in [-0.3, -0.25) is 9.69 Å². The topological polar surface area (TPSA) is 40.6 Å². The number of imide groups is 1. The number of carbonyl (C=O) groups excluding carboxylic acids is 2. The average molecular weight is 338 g/mol. The Balaban J connectivity index is 2.40. The molecule has 5 heteroatoms. The van der Waals surface area contributed by atoms with E-state index in [-0.39, 0.29) is 11.9 Å². The molecular weight excluding hydrogens is 316 g/mol. The molecule has 1 heterocycles. The van der Waals surface area contributed by atoms with Crippen molar-refractivity contribution in [1.29, 1.82) is 0 Å². The van der Waals surface area contributed by atoms with Crippen molar-refractivity contribution in [2.75, 3.05) is 7.05 Å². The number of nitrogens with zero attached hydrogens (tertiary/aromatic N) is 2. The van der Waals surface area contributed by atoms with Crippen LogP contribution in [0, 0.1) is 0 Å². The van der Waals surface area contributed by atoms with Crippen LogP contribution in [0.4, 0.5) is 4.79 Å². The van der Waals surface area contributed by atoms with Crippen LogP contribution >= 0.6 is 0 Å². The van der Waals surface area contributed by atoms with Gasteiger partial charge in [0, 0.05) is 7.05 Å². The third kappa shape index (κ3) is 2.19. The number of urea groups is 1. The van der Waals surface area contributed by atoms with Crippen LogP contribution in [0.2, 0.25) is 19.6 Å². The van der Waals surface area contributed by atoms with Crippen LogP contribution in [-0.2, 0) is 10.3 Å². The molecule has 0 radical (unpaired) electrons. The normalized spacial score (nSPS) is 17.5. The zero-order chi connectivity index (χ0) is 17.5. The third-order valence-corrected chi connectivity index (χ3v) is 6.35. The zero-order valence-corrected chi connectivity index (χ0v) is 15.5. The Bertz CT molecular complexity index is 729. The number of hydrogen-bond donors (Lipinski definition) is 0. The number of likely N-dealkylation sites (N-methyl/N-ethyl adjacent to an activating group) is 1. The molecule has 1 aliphatic heterocycles. The van der Waals surface area contributed by atoms with Gasteiger partial charge in [-0.1, -0.05) is 80.3 Å². The standard InChI is InChI=1S/C19H22N2O2Si/c1-20-17(22)19(15-11-7-5-8-12-15,16-13-9-6-10-14-16)21(18(20)23)24(2,3)4/h5-14H,1-4H3. The van der Waals surface area contributed by atoms with E-state index < -0.39 is 13.8 Å². The van der Waals surface area contributed by atoms with Crippen molar-refractivity contribution in [1.82, 2.24) is 9.47 Å². The molecule has 0 atom stereocenters. The van der Waals surface area contributed by atoms with Gasteiger partial charge >= 0.3 is 6.03 Å². The maximum Gasteiger partial charge on any atom is 0.319 e. The maximum absolute atomic E-state index is 13.4. The highest BCUT2D eigenvalue weighted by Crippen LogP contribution is 2.45. The van der Waals surface area contributed by atoms with E-state index in [2.05, 4.69) is 19.6 Å². The summed E-state index contributed by atoms with van der Waals surface area (Å²) in [4.78, 5) is 27.6. The molecule has 3 amide bonds. The second-order valence-corrected chi connectivity index (χ2v) is 11.9. The summed E-state index contributed by atoms with van der Waals surface area (Å²) in [5.41, 5.74) is 0.585. The SMILES string of the molecule is CN1C(=O)N([Si](C)(C)C)C(c2ccccc2)(c2ccccc2)C1=O. The lowest BCUT2D eigenvalue weighted by Crippen LogP contribution is -2.58. The van der Waals surface area contributed by atoms with Crippen molar-refractivity contribution in [3.63, 3.8) is 0 Å². The van der Waals surface area contributed by atoms with E-state index in [0.717, 1.165) is 11.1 Å². The Hall–Kier alpha value is -2.40. The quantitative estimate of drug-likeness (QED) is 0.633. The van der Waals surface area contributed by atoms with Crippen LogP contribution in [0.1, 0.15) is 11.1 Å². The fraction of sp³-hybridized carbons (Fsp3) is 0.263. The second-order valence-electron chi connectivity index (χ2n) is 7.10. The highest BCUT2D eigenvalue weighted by Gasteiger charge is 2.61. The number of carbonyl (C=O) groups is 2. The van der Waals surface area contributed by atoms with Gasteiger partial charge < -0.3 is 4.57 Å². The molecule has 2 aromatic rings. The molecule has 0 spiro atoms. The maximum atomic E-state index is 13.4. The minimum absolute atomic E-state index is 0.188. The van der Waals surface area contributed by atoms with Gasteiger partial charge in [-0.05, 0) is 11.1 Å². The molecule has 1 fully saturated rings. The Morgan fingerprint density at radius 3 is 1.58 bits per heavy atom. The average Bonchev–Trinajstić information content (AvgIpc) is 2.78. The molecule has 0 unspecified atom stereocenters. The van der Waals surface area contributed by atoms with E-state index in [0.29, 0.717) is 0 Å². The fourth-order valence-corrected chi connectivity index (χ4v) is 5.62. The summed E-state index contributed by atoms with van der Waals surface area (Å²) in [7, 11) is -0.576. The minimum atomic E-state index is -2.15. The first-order valence-corrected chi connectivity index (χ1v) is 11.5. The molecule has 0 saturated carbocycles. The van der Waals surface area contributed by atoms with Gasteiger partial charge in [-0.25, -0.2) is 4.79 Å². The smallest absolute Gasteiger partial charge is 0.319 e. The highest BCUT2D eigenvalue weighted by molar-refractivity contribution is 6.76. The van der Waals surface area contributed by atoms with E-state index in [9.17, 15) is 9.59 Å². The molecule has 0 bridgehead atoms. The van der Waals surface area contributed by atoms with E-state index >= 15 is 0 Å². The van der Waals surface area contributed by atoms with Crippen LogP contribution in [0.15, 0.2) is 60.7 Å². The van der Waals surface area contributed by atoms with E-state index in [1.54, 1.807) is 7.05 Å². The Labute approximate surface area is 143 Å². The number of amides is 3. The molecule has 2 aromatic carbocycles. The van der Waals surface area contributed by atoms with Gasteiger partial charge in [-0.15, -0.1) is 0 Å². The summed E-state index contributed by atoms with van der Waals surface area (Å²) < 4.78 is 1.84. The van der Waals surface area contributed by atoms with Crippen LogP contribution in [-0.4, -0.2) is 36.7 Å². The molecule has 0 aromatic heterocycles. The van der Waals surface area contributed by atoms with Crippen LogP contribution < -0.4 is 0 Å². The van der Waals surface area contributed by atoms with Crippen molar-refractivity contribution in [3.8, 4) is 0 Å². The summed E-state index contributed by atoms with van der Waals surface area (Å²) in [5.74, 6) is -0.188. The molecule has 4 nitrogen and oxygen atoms in total. The van der Waals surface area contributed by atoms with Gasteiger partial charge in [0.05, 0.1) is 0 Å². The molecule has 0 aliphatic carbocycles. The Kier molecular flexibility index (Phi) is 3.84. The summed E-state index contributed by atoms with van der Waals surface area (Å²) in [6, 6.07) is 19.0. The van der Waals surface area contributed by atoms with Crippen molar-refractivity contribution in [2.45, 2.75) is 25.2 Å². The predicted octanol–water partition coefficient (Wildman–Crippen LogP) is 3.66. The van der Waals surface area contributed by atoms with Gasteiger partial charge in [0.2, 0.25) is 0 Å². The lowest BCUT2D eigenvalue weighted by molar-refractivity contribution is -0.130. The summed E-state index contributed by atoms with van der Waals surface area (Å²) >= 11 is 0. The first-order valence-electron chi connectivity index (χ1n) is 8.04. The summed E-state index contributed by atoms with van der Waals surface area (Å²) in [6.07, 6.45) is 0. The molecular formula is C19H22N2O2Si. The van der Waals surface area contributed by atoms with Crippen LogP contribution in [0.3, 0.4) is 0 Å². The third-order valence-electron chi connectivity index (χ3n) is 4.48. The summed E-state index contributed by atoms with van der Waals surface area (Å²) in [5, 5.41) is 0. The molecule has 3 rings (SSSR count). The van der Waals surface area contributed by atoms with Crippen molar-refractivity contribution in [2.24, 2.45) is 0 Å². The summed E-state index contributed by atoms with van der Waals surface area (Å²) in [6.45, 7) is 6.29. The number of benzene rings is 2. The van der Waals surface area contributed by atoms with Crippen molar-refractivity contribution in [3.05, 3.63) is 71.8 Å². The fourth-order valence-electron chi connectivity index (χ4n) is 3.54. The highest BCUT2D eigenvalue weighted by atomic mass is 28.3. The van der Waals surface area contributed by atoms with Gasteiger partial charge in [0.25, 0.3) is 5.91 Å². The molecule has 0 N–H and O–H groups in total. The lowest BCUT2D eigenvalue weighted by atomic mass is 9.82. The Morgan fingerprint density at radius 2 is 1.21 bits per heavy atom. The van der Waals surface area contributed by atoms with E-state index in [1.165, 1.54) is 4.90 Å². The van der Waals surface area contributed by atoms with E-state index in [4.69, 9.17) is 0 Å². The van der Waals surface area contributed by atoms with Gasteiger partial charge in [-0.2, -0.15) is 0 Å². The van der Waals surface area contributed by atoms with Crippen LogP contribution in [0.25, 0.3) is 0 Å². The Morgan fingerprint density at radius 1 is 0.792 bits per heavy atom. The first-order chi connectivity index (χ1) is 11.3. The van der Waals surface area contributed by atoms with Crippen LogP contribution in [0.5, 0.6) is 0 Å². The molecule has 24 heavy (non-hydrogen) atoms. The minimum Gasteiger partial charge on any atom is -0.331 e. The molecule has 1 aliphatic rings. The van der Waals surface area contributed by atoms with Crippen molar-refractivity contribution >= 4 is 20.2 Å².